The minimum Gasteiger partial charge on any atom is -0.463 e. The number of rotatable bonds is 16. The van der Waals surface area contributed by atoms with Crippen molar-refractivity contribution in [2.45, 2.75) is 70.6 Å². The molecule has 0 aliphatic rings. The Morgan fingerprint density at radius 3 is 1.77 bits per heavy atom. The molecule has 3 heteroatoms. The van der Waals surface area contributed by atoms with Crippen molar-refractivity contribution >= 4 is 11.8 Å². The van der Waals surface area contributed by atoms with Gasteiger partial charge in [-0.2, -0.15) is 0 Å². The molecule has 0 fully saturated rings. The van der Waals surface area contributed by atoms with Gasteiger partial charge in [0, 0.05) is 17.2 Å². The molecule has 0 saturated carbocycles. The van der Waals surface area contributed by atoms with Crippen LogP contribution in [0.1, 0.15) is 85.7 Å². The Labute approximate surface area is 187 Å². The molecule has 0 atom stereocenters. The van der Waals surface area contributed by atoms with Crippen molar-refractivity contribution in [3.63, 3.8) is 0 Å². The number of carbonyl (C=O) groups excluding carboxylic acids is 2. The zero-order chi connectivity index (χ0) is 22.2. The highest BCUT2D eigenvalue weighted by Crippen LogP contribution is 2.15. The average Bonchev–Trinajstić information content (AvgIpc) is 2.82. The highest BCUT2D eigenvalue weighted by molar-refractivity contribution is 6.08. The Bertz CT molecular complexity index is 778. The van der Waals surface area contributed by atoms with E-state index in [1.165, 1.54) is 63.0 Å². The number of hydrogen-bond donors (Lipinski definition) is 0. The Morgan fingerprint density at radius 2 is 1.19 bits per heavy atom. The molecule has 0 unspecified atom stereocenters. The van der Waals surface area contributed by atoms with Gasteiger partial charge in [-0.05, 0) is 24.8 Å². The molecule has 0 bridgehead atoms. The minimum absolute atomic E-state index is 0.0864. The fraction of sp³-hybridized carbons (Fsp3) is 0.429. The lowest BCUT2D eigenvalue weighted by Crippen LogP contribution is -2.01. The lowest BCUT2D eigenvalue weighted by atomic mass is 9.99. The van der Waals surface area contributed by atoms with E-state index in [-0.39, 0.29) is 11.8 Å². The van der Waals surface area contributed by atoms with Crippen molar-refractivity contribution in [3.05, 3.63) is 83.9 Å². The lowest BCUT2D eigenvalue weighted by molar-refractivity contribution is -0.137. The van der Waals surface area contributed by atoms with Crippen molar-refractivity contribution in [2.24, 2.45) is 0 Å². The number of benzene rings is 2. The molecule has 0 aliphatic carbocycles. The van der Waals surface area contributed by atoms with Crippen molar-refractivity contribution in [1.82, 2.24) is 0 Å². The van der Waals surface area contributed by atoms with Crippen LogP contribution in [0.3, 0.4) is 0 Å². The molecule has 166 valence electrons. The van der Waals surface area contributed by atoms with Crippen LogP contribution in [0.5, 0.6) is 0 Å². The topological polar surface area (TPSA) is 43.4 Å². The molecule has 31 heavy (non-hydrogen) atoms. The Balaban J connectivity index is 1.46. The summed E-state index contributed by atoms with van der Waals surface area (Å²) in [7, 11) is 0. The Kier molecular flexibility index (Phi) is 12.0. The van der Waals surface area contributed by atoms with Crippen LogP contribution in [0.25, 0.3) is 0 Å². The van der Waals surface area contributed by atoms with E-state index in [1.807, 2.05) is 42.5 Å². The monoisotopic (exact) mass is 420 g/mol. The Hall–Kier alpha value is -2.68. The van der Waals surface area contributed by atoms with Gasteiger partial charge in [-0.15, -0.1) is 0 Å². The number of aryl methyl sites for hydroxylation is 1. The summed E-state index contributed by atoms with van der Waals surface area (Å²) in [4.78, 5) is 23.4. The maximum atomic E-state index is 12.4. The number of hydrogen-bond acceptors (Lipinski definition) is 3. The van der Waals surface area contributed by atoms with Gasteiger partial charge in [0.15, 0.2) is 5.78 Å². The summed E-state index contributed by atoms with van der Waals surface area (Å²) in [6, 6.07) is 17.5. The molecule has 2 aromatic carbocycles. The standard InChI is InChI=1S/C28H36O3/c1-2-27(29)31-23-15-10-8-6-4-3-5-7-9-12-16-24-19-21-26(22-20-24)28(30)25-17-13-11-14-18-25/h2,11,13-14,17-22H,1,3-10,12,15-16,23H2. The van der Waals surface area contributed by atoms with Crippen molar-refractivity contribution in [2.75, 3.05) is 6.61 Å². The SMILES string of the molecule is C=CC(=O)OCCCCCCCCCCCCc1ccc(C(=O)c2ccccc2)cc1. The van der Waals surface area contributed by atoms with Crippen LogP contribution in [-0.2, 0) is 16.0 Å². The maximum absolute atomic E-state index is 12.4. The van der Waals surface area contributed by atoms with Gasteiger partial charge in [0.1, 0.15) is 0 Å². The summed E-state index contributed by atoms with van der Waals surface area (Å²) in [6.07, 6.45) is 14.5. The van der Waals surface area contributed by atoms with E-state index in [0.29, 0.717) is 6.61 Å². The van der Waals surface area contributed by atoms with Gasteiger partial charge in [0.2, 0.25) is 0 Å². The van der Waals surface area contributed by atoms with E-state index in [1.54, 1.807) is 0 Å². The second-order valence-corrected chi connectivity index (χ2v) is 8.05. The molecule has 0 aromatic heterocycles. The molecular formula is C28H36O3. The van der Waals surface area contributed by atoms with Crippen molar-refractivity contribution in [3.8, 4) is 0 Å². The van der Waals surface area contributed by atoms with Gasteiger partial charge < -0.3 is 4.74 Å². The third-order valence-corrected chi connectivity index (χ3v) is 5.52. The average molecular weight is 421 g/mol. The molecule has 0 radical (unpaired) electrons. The molecule has 0 amide bonds. The van der Waals surface area contributed by atoms with Gasteiger partial charge >= 0.3 is 5.97 Å². The van der Waals surface area contributed by atoms with Crippen LogP contribution in [0.4, 0.5) is 0 Å². The van der Waals surface area contributed by atoms with E-state index >= 15 is 0 Å². The predicted octanol–water partition coefficient (Wildman–Crippen LogP) is 7.09. The quantitative estimate of drug-likeness (QED) is 0.126. The van der Waals surface area contributed by atoms with E-state index in [4.69, 9.17) is 4.74 Å². The summed E-state index contributed by atoms with van der Waals surface area (Å²) in [6.45, 7) is 3.89. The molecule has 0 spiro atoms. The first kappa shape index (κ1) is 24.6. The van der Waals surface area contributed by atoms with Crippen LogP contribution in [0.2, 0.25) is 0 Å². The molecule has 0 aliphatic heterocycles. The minimum atomic E-state index is -0.324. The molecule has 0 N–H and O–H groups in total. The van der Waals surface area contributed by atoms with Gasteiger partial charge in [-0.1, -0.05) is 113 Å². The largest absolute Gasteiger partial charge is 0.463 e. The molecular weight excluding hydrogens is 384 g/mol. The normalized spacial score (nSPS) is 10.6. The second-order valence-electron chi connectivity index (χ2n) is 8.05. The van der Waals surface area contributed by atoms with Crippen LogP contribution in [-0.4, -0.2) is 18.4 Å². The highest BCUT2D eigenvalue weighted by atomic mass is 16.5. The summed E-state index contributed by atoms with van der Waals surface area (Å²) in [5.74, 6) is -0.238. The molecule has 2 rings (SSSR count). The first-order valence-corrected chi connectivity index (χ1v) is 11.7. The fourth-order valence-electron chi connectivity index (χ4n) is 3.66. The summed E-state index contributed by atoms with van der Waals surface area (Å²) >= 11 is 0. The number of esters is 1. The summed E-state index contributed by atoms with van der Waals surface area (Å²) < 4.78 is 4.97. The van der Waals surface area contributed by atoms with E-state index in [0.717, 1.165) is 30.4 Å². The van der Waals surface area contributed by atoms with E-state index < -0.39 is 0 Å². The third kappa shape index (κ3) is 10.3. The third-order valence-electron chi connectivity index (χ3n) is 5.52. The smallest absolute Gasteiger partial charge is 0.330 e. The van der Waals surface area contributed by atoms with Crippen molar-refractivity contribution < 1.29 is 14.3 Å². The molecule has 0 heterocycles. The lowest BCUT2D eigenvalue weighted by Gasteiger charge is -2.05. The van der Waals surface area contributed by atoms with E-state index in [2.05, 4.69) is 18.7 Å². The highest BCUT2D eigenvalue weighted by Gasteiger charge is 2.07. The van der Waals surface area contributed by atoms with Crippen LogP contribution in [0, 0.1) is 0 Å². The zero-order valence-corrected chi connectivity index (χ0v) is 18.7. The summed E-state index contributed by atoms with van der Waals surface area (Å²) in [5, 5.41) is 0. The first-order chi connectivity index (χ1) is 15.2. The zero-order valence-electron chi connectivity index (χ0n) is 18.7. The first-order valence-electron chi connectivity index (χ1n) is 11.7. The number of unbranched alkanes of at least 4 members (excludes halogenated alkanes) is 9. The molecule has 3 nitrogen and oxygen atoms in total. The fourth-order valence-corrected chi connectivity index (χ4v) is 3.66. The molecule has 0 saturated heterocycles. The van der Waals surface area contributed by atoms with E-state index in [9.17, 15) is 9.59 Å². The molecule has 2 aromatic rings. The van der Waals surface area contributed by atoms with Gasteiger partial charge in [-0.3, -0.25) is 4.79 Å². The van der Waals surface area contributed by atoms with Crippen LogP contribution >= 0.6 is 0 Å². The number of ether oxygens (including phenoxy) is 1. The number of ketones is 1. The summed E-state index contributed by atoms with van der Waals surface area (Å²) in [5.41, 5.74) is 2.81. The Morgan fingerprint density at radius 1 is 0.677 bits per heavy atom. The predicted molar refractivity (Wildman–Crippen MR) is 127 cm³/mol. The van der Waals surface area contributed by atoms with Gasteiger partial charge in [0.25, 0.3) is 0 Å². The van der Waals surface area contributed by atoms with Gasteiger partial charge in [0.05, 0.1) is 6.61 Å². The second kappa shape index (κ2) is 15.2. The van der Waals surface area contributed by atoms with Crippen LogP contribution < -0.4 is 0 Å². The van der Waals surface area contributed by atoms with Crippen molar-refractivity contribution in [1.29, 1.82) is 0 Å². The van der Waals surface area contributed by atoms with Gasteiger partial charge in [-0.25, -0.2) is 4.79 Å². The number of carbonyl (C=O) groups is 2. The maximum Gasteiger partial charge on any atom is 0.330 e. The van der Waals surface area contributed by atoms with Crippen LogP contribution in [0.15, 0.2) is 67.3 Å².